The van der Waals surface area contributed by atoms with Crippen molar-refractivity contribution in [3.8, 4) is 11.5 Å². The Morgan fingerprint density at radius 3 is 2.72 bits per heavy atom. The largest absolute Gasteiger partial charge is 0.493 e. The van der Waals surface area contributed by atoms with Gasteiger partial charge in [0.25, 0.3) is 11.8 Å². The zero-order valence-electron chi connectivity index (χ0n) is 17.3. The summed E-state index contributed by atoms with van der Waals surface area (Å²) in [5, 5.41) is 3.41. The van der Waals surface area contributed by atoms with Crippen LogP contribution in [0.5, 0.6) is 11.5 Å². The number of fused-ring (bicyclic) bond motifs is 1. The molecule has 7 heteroatoms. The summed E-state index contributed by atoms with van der Waals surface area (Å²) >= 11 is 1.45. The molecule has 2 aromatic rings. The third-order valence-electron chi connectivity index (χ3n) is 4.98. The zero-order chi connectivity index (χ0) is 21.1. The fraction of sp³-hybridized carbons (Fsp3) is 0.455. The highest BCUT2D eigenvalue weighted by Gasteiger charge is 2.27. The molecule has 6 nitrogen and oxygen atoms in total. The Morgan fingerprint density at radius 1 is 1.31 bits per heavy atom. The number of thiophene rings is 1. The number of methoxy groups -OCH3 is 1. The van der Waals surface area contributed by atoms with E-state index in [0.29, 0.717) is 46.1 Å². The summed E-state index contributed by atoms with van der Waals surface area (Å²) in [6.45, 7) is 6.88. The second-order valence-electron chi connectivity index (χ2n) is 7.94. The minimum Gasteiger partial charge on any atom is -0.493 e. The summed E-state index contributed by atoms with van der Waals surface area (Å²) in [6, 6.07) is 5.06. The fourth-order valence-electron chi connectivity index (χ4n) is 3.46. The third-order valence-corrected chi connectivity index (χ3v) is 6.15. The molecule has 0 bridgehead atoms. The number of primary amides is 1. The molecule has 1 aromatic heterocycles. The molecular formula is C22H28N2O4S. The quantitative estimate of drug-likeness (QED) is 0.705. The van der Waals surface area contributed by atoms with Gasteiger partial charge >= 0.3 is 0 Å². The van der Waals surface area contributed by atoms with Crippen LogP contribution in [0.3, 0.4) is 0 Å². The molecule has 1 aliphatic rings. The molecule has 0 radical (unpaired) electrons. The van der Waals surface area contributed by atoms with E-state index in [0.717, 1.165) is 29.7 Å². The van der Waals surface area contributed by atoms with Crippen molar-refractivity contribution in [1.82, 2.24) is 0 Å². The summed E-state index contributed by atoms with van der Waals surface area (Å²) in [6.07, 6.45) is 2.75. The average molecular weight is 417 g/mol. The maximum absolute atomic E-state index is 12.9. The van der Waals surface area contributed by atoms with E-state index in [1.807, 2.05) is 0 Å². The van der Waals surface area contributed by atoms with Gasteiger partial charge in [0.2, 0.25) is 0 Å². The predicted molar refractivity (Wildman–Crippen MR) is 115 cm³/mol. The van der Waals surface area contributed by atoms with Crippen LogP contribution in [-0.4, -0.2) is 25.5 Å². The van der Waals surface area contributed by atoms with E-state index in [2.05, 4.69) is 26.1 Å². The number of amides is 2. The Kier molecular flexibility index (Phi) is 6.47. The number of nitrogens with two attached hydrogens (primary N) is 1. The standard InChI is InChI=1S/C22H28N2O4S/c1-12(2)11-28-16-8-6-14(10-17(16)27-4)21(26)24-22-19(20(23)25)15-7-5-13(3)9-18(15)29-22/h6,8,10,12-13H,5,7,9,11H2,1-4H3,(H2,23,25)(H,24,26)/t13-/m0/s1. The molecule has 0 saturated carbocycles. The van der Waals surface area contributed by atoms with E-state index in [9.17, 15) is 9.59 Å². The first-order valence-electron chi connectivity index (χ1n) is 9.86. The molecule has 1 aliphatic carbocycles. The first-order chi connectivity index (χ1) is 13.8. The van der Waals surface area contributed by atoms with Gasteiger partial charge in [-0.15, -0.1) is 11.3 Å². The Bertz CT molecular complexity index is 920. The van der Waals surface area contributed by atoms with Crippen molar-refractivity contribution in [2.75, 3.05) is 19.0 Å². The van der Waals surface area contributed by atoms with Crippen molar-refractivity contribution in [2.24, 2.45) is 17.6 Å². The van der Waals surface area contributed by atoms with Crippen molar-refractivity contribution in [3.05, 3.63) is 39.8 Å². The number of nitrogens with one attached hydrogen (secondary N) is 1. The molecule has 1 atom stereocenters. The lowest BCUT2D eigenvalue weighted by Gasteiger charge is -2.18. The fourth-order valence-corrected chi connectivity index (χ4v) is 4.87. The van der Waals surface area contributed by atoms with E-state index < -0.39 is 5.91 Å². The number of anilines is 1. The maximum atomic E-state index is 12.9. The van der Waals surface area contributed by atoms with Gasteiger partial charge in [-0.25, -0.2) is 0 Å². The first-order valence-corrected chi connectivity index (χ1v) is 10.7. The van der Waals surface area contributed by atoms with Gasteiger partial charge in [-0.2, -0.15) is 0 Å². The second-order valence-corrected chi connectivity index (χ2v) is 9.05. The van der Waals surface area contributed by atoms with E-state index >= 15 is 0 Å². The summed E-state index contributed by atoms with van der Waals surface area (Å²) in [5.74, 6) is 1.22. The number of hydrogen-bond acceptors (Lipinski definition) is 5. The lowest BCUT2D eigenvalue weighted by Crippen LogP contribution is -2.19. The zero-order valence-corrected chi connectivity index (χ0v) is 18.2. The lowest BCUT2D eigenvalue weighted by atomic mass is 9.88. The molecule has 0 saturated heterocycles. The molecular weight excluding hydrogens is 388 g/mol. The van der Waals surface area contributed by atoms with Crippen LogP contribution in [0.15, 0.2) is 18.2 Å². The monoisotopic (exact) mass is 416 g/mol. The number of carbonyl (C=O) groups is 2. The van der Waals surface area contributed by atoms with E-state index in [4.69, 9.17) is 15.2 Å². The molecule has 156 valence electrons. The predicted octanol–water partition coefficient (Wildman–Crippen LogP) is 4.27. The average Bonchev–Trinajstić information content (AvgIpc) is 3.02. The highest BCUT2D eigenvalue weighted by Crippen LogP contribution is 2.39. The SMILES string of the molecule is COc1cc(C(=O)Nc2sc3c(c2C(N)=O)CC[C@H](C)C3)ccc1OCC(C)C. The summed E-state index contributed by atoms with van der Waals surface area (Å²) in [5.41, 5.74) is 7.50. The van der Waals surface area contributed by atoms with Crippen LogP contribution in [0.4, 0.5) is 5.00 Å². The molecule has 3 rings (SSSR count). The minimum absolute atomic E-state index is 0.312. The number of rotatable bonds is 7. The highest BCUT2D eigenvalue weighted by atomic mass is 32.1. The van der Waals surface area contributed by atoms with Gasteiger partial charge < -0.3 is 20.5 Å². The van der Waals surface area contributed by atoms with E-state index in [-0.39, 0.29) is 5.91 Å². The van der Waals surface area contributed by atoms with E-state index in [1.54, 1.807) is 25.3 Å². The van der Waals surface area contributed by atoms with Gasteiger partial charge in [0.1, 0.15) is 5.00 Å². The normalized spacial score (nSPS) is 15.7. The van der Waals surface area contributed by atoms with Crippen LogP contribution < -0.4 is 20.5 Å². The van der Waals surface area contributed by atoms with Crippen LogP contribution in [0, 0.1) is 11.8 Å². The van der Waals surface area contributed by atoms with Crippen LogP contribution in [0.2, 0.25) is 0 Å². The molecule has 1 aromatic carbocycles. The van der Waals surface area contributed by atoms with Crippen LogP contribution >= 0.6 is 11.3 Å². The number of hydrogen-bond donors (Lipinski definition) is 2. The Balaban J connectivity index is 1.84. The van der Waals surface area contributed by atoms with Crippen molar-refractivity contribution in [2.45, 2.75) is 40.0 Å². The number of carbonyl (C=O) groups excluding carboxylic acids is 2. The summed E-state index contributed by atoms with van der Waals surface area (Å²) in [7, 11) is 1.54. The van der Waals surface area contributed by atoms with Gasteiger partial charge in [-0.1, -0.05) is 20.8 Å². The molecule has 1 heterocycles. The van der Waals surface area contributed by atoms with Crippen LogP contribution in [0.25, 0.3) is 0 Å². The minimum atomic E-state index is -0.498. The van der Waals surface area contributed by atoms with Gasteiger partial charge in [0.05, 0.1) is 19.3 Å². The number of benzene rings is 1. The highest BCUT2D eigenvalue weighted by molar-refractivity contribution is 7.17. The molecule has 0 fully saturated rings. The first kappa shape index (κ1) is 21.2. The second kappa shape index (κ2) is 8.86. The molecule has 0 spiro atoms. The van der Waals surface area contributed by atoms with Gasteiger partial charge in [0, 0.05) is 10.4 Å². The maximum Gasteiger partial charge on any atom is 0.256 e. The molecule has 2 amide bonds. The van der Waals surface area contributed by atoms with Crippen molar-refractivity contribution in [1.29, 1.82) is 0 Å². The Labute approximate surface area is 175 Å². The lowest BCUT2D eigenvalue weighted by molar-refractivity contribution is 0.1000. The van der Waals surface area contributed by atoms with Crippen LogP contribution in [-0.2, 0) is 12.8 Å². The van der Waals surface area contributed by atoms with Gasteiger partial charge in [-0.3, -0.25) is 9.59 Å². The third kappa shape index (κ3) is 4.72. The molecule has 0 aliphatic heterocycles. The topological polar surface area (TPSA) is 90.6 Å². The smallest absolute Gasteiger partial charge is 0.256 e. The Hall–Kier alpha value is -2.54. The molecule has 29 heavy (non-hydrogen) atoms. The van der Waals surface area contributed by atoms with Crippen molar-refractivity contribution in [3.63, 3.8) is 0 Å². The van der Waals surface area contributed by atoms with Crippen LogP contribution in [0.1, 0.15) is 58.3 Å². The number of ether oxygens (including phenoxy) is 2. The van der Waals surface area contributed by atoms with Gasteiger partial charge in [-0.05, 0) is 54.9 Å². The Morgan fingerprint density at radius 2 is 2.07 bits per heavy atom. The van der Waals surface area contributed by atoms with E-state index in [1.165, 1.54) is 11.3 Å². The van der Waals surface area contributed by atoms with Crippen molar-refractivity contribution < 1.29 is 19.1 Å². The summed E-state index contributed by atoms with van der Waals surface area (Å²) in [4.78, 5) is 26.1. The van der Waals surface area contributed by atoms with Crippen molar-refractivity contribution >= 4 is 28.2 Å². The molecule has 3 N–H and O–H groups in total. The molecule has 0 unspecified atom stereocenters. The van der Waals surface area contributed by atoms with Gasteiger partial charge in [0.15, 0.2) is 11.5 Å². The summed E-state index contributed by atoms with van der Waals surface area (Å²) < 4.78 is 11.1.